The van der Waals surface area contributed by atoms with E-state index in [0.717, 1.165) is 12.1 Å². The van der Waals surface area contributed by atoms with Gasteiger partial charge in [0, 0.05) is 18.8 Å². The molecule has 0 bridgehead atoms. The van der Waals surface area contributed by atoms with Gasteiger partial charge in [-0.1, -0.05) is 18.2 Å². The van der Waals surface area contributed by atoms with Crippen molar-refractivity contribution < 1.29 is 14.7 Å². The molecule has 0 saturated heterocycles. The number of amides is 1. The molecule has 0 atom stereocenters. The van der Waals surface area contributed by atoms with Crippen LogP contribution in [0.25, 0.3) is 0 Å². The van der Waals surface area contributed by atoms with E-state index in [9.17, 15) is 9.59 Å². The number of para-hydroxylation sites is 1. The molecule has 0 aliphatic carbocycles. The number of halogens is 1. The first kappa shape index (κ1) is 16.5. The zero-order valence-electron chi connectivity index (χ0n) is 11.4. The van der Waals surface area contributed by atoms with Crippen LogP contribution < -0.4 is 4.90 Å². The number of benzene rings is 1. The van der Waals surface area contributed by atoms with E-state index < -0.39 is 5.97 Å². The lowest BCUT2D eigenvalue weighted by atomic mass is 10.2. The lowest BCUT2D eigenvalue weighted by Crippen LogP contribution is -2.38. The predicted octanol–water partition coefficient (Wildman–Crippen LogP) is 1.40. The molecule has 0 aromatic heterocycles. The normalized spacial score (nSPS) is 13.0. The van der Waals surface area contributed by atoms with Crippen LogP contribution in [-0.2, 0) is 16.0 Å². The maximum absolute atomic E-state index is 12.2. The van der Waals surface area contributed by atoms with Crippen LogP contribution in [0.2, 0.25) is 0 Å². The van der Waals surface area contributed by atoms with Gasteiger partial charge < -0.3 is 10.0 Å². The highest BCUT2D eigenvalue weighted by Gasteiger charge is 2.24. The summed E-state index contributed by atoms with van der Waals surface area (Å²) in [5, 5.41) is 8.62. The van der Waals surface area contributed by atoms with E-state index in [0.29, 0.717) is 13.1 Å². The minimum atomic E-state index is -0.842. The number of anilines is 1. The number of aliphatic carboxylic acids is 1. The zero-order chi connectivity index (χ0) is 13.8. The fraction of sp³-hybridized carbons (Fsp3) is 0.429. The molecule has 20 heavy (non-hydrogen) atoms. The molecule has 1 aromatic rings. The van der Waals surface area contributed by atoms with E-state index in [1.807, 2.05) is 24.3 Å². The minimum Gasteiger partial charge on any atom is -0.481 e. The first-order valence-corrected chi connectivity index (χ1v) is 6.36. The molecule has 1 aliphatic rings. The third-order valence-electron chi connectivity index (χ3n) is 3.30. The van der Waals surface area contributed by atoms with Crippen molar-refractivity contribution in [3.8, 4) is 0 Å². The van der Waals surface area contributed by atoms with Crippen molar-refractivity contribution in [1.29, 1.82) is 0 Å². The third kappa shape index (κ3) is 3.95. The number of hydrogen-bond donors (Lipinski definition) is 1. The smallest absolute Gasteiger partial charge is 0.304 e. The molecule has 1 heterocycles. The Morgan fingerprint density at radius 2 is 2.05 bits per heavy atom. The summed E-state index contributed by atoms with van der Waals surface area (Å²) in [6, 6.07) is 7.90. The summed E-state index contributed by atoms with van der Waals surface area (Å²) in [7, 11) is 1.77. The monoisotopic (exact) mass is 298 g/mol. The van der Waals surface area contributed by atoms with Gasteiger partial charge in [0.2, 0.25) is 5.91 Å². The van der Waals surface area contributed by atoms with Crippen molar-refractivity contribution in [2.24, 2.45) is 0 Å². The van der Waals surface area contributed by atoms with Crippen molar-refractivity contribution in [3.05, 3.63) is 29.8 Å². The van der Waals surface area contributed by atoms with Crippen LogP contribution in [0.1, 0.15) is 12.0 Å². The molecule has 5 nitrogen and oxygen atoms in total. The number of carbonyl (C=O) groups excluding carboxylic acids is 1. The SMILES string of the molecule is CN(CCC(=O)O)CC(=O)N1CCc2ccccc21.Cl. The summed E-state index contributed by atoms with van der Waals surface area (Å²) in [6.07, 6.45) is 0.946. The number of nitrogens with zero attached hydrogens (tertiary/aromatic N) is 2. The molecule has 0 fully saturated rings. The Labute approximate surface area is 124 Å². The maximum Gasteiger partial charge on any atom is 0.304 e. The Kier molecular flexibility index (Phi) is 5.98. The van der Waals surface area contributed by atoms with Crippen LogP contribution in [0.5, 0.6) is 0 Å². The van der Waals surface area contributed by atoms with Crippen molar-refractivity contribution in [3.63, 3.8) is 0 Å². The largest absolute Gasteiger partial charge is 0.481 e. The number of hydrogen-bond acceptors (Lipinski definition) is 3. The summed E-state index contributed by atoms with van der Waals surface area (Å²) in [6.45, 7) is 1.35. The van der Waals surface area contributed by atoms with Gasteiger partial charge >= 0.3 is 5.97 Å². The molecule has 1 aromatic carbocycles. The van der Waals surface area contributed by atoms with E-state index in [2.05, 4.69) is 0 Å². The van der Waals surface area contributed by atoms with Crippen molar-refractivity contribution in [1.82, 2.24) is 4.90 Å². The molecule has 0 saturated carbocycles. The second kappa shape index (κ2) is 7.26. The van der Waals surface area contributed by atoms with Gasteiger partial charge in [0.25, 0.3) is 0 Å². The average Bonchev–Trinajstić information content (AvgIpc) is 2.80. The number of carboxylic acid groups (broad SMARTS) is 1. The predicted molar refractivity (Wildman–Crippen MR) is 79.5 cm³/mol. The molecule has 0 radical (unpaired) electrons. The molecular formula is C14H19ClN2O3. The van der Waals surface area contributed by atoms with E-state index in [1.165, 1.54) is 5.56 Å². The van der Waals surface area contributed by atoms with Crippen LogP contribution in [0.15, 0.2) is 24.3 Å². The third-order valence-corrected chi connectivity index (χ3v) is 3.30. The Hall–Kier alpha value is -1.59. The minimum absolute atomic E-state index is 0. The number of carboxylic acids is 1. The highest BCUT2D eigenvalue weighted by atomic mass is 35.5. The number of rotatable bonds is 5. The van der Waals surface area contributed by atoms with Crippen molar-refractivity contribution >= 4 is 30.0 Å². The average molecular weight is 299 g/mol. The standard InChI is InChI=1S/C14H18N2O3.ClH/c1-15(8-7-14(18)19)10-13(17)16-9-6-11-4-2-3-5-12(11)16;/h2-5H,6-10H2,1H3,(H,18,19);1H. The summed E-state index contributed by atoms with van der Waals surface area (Å²) >= 11 is 0. The zero-order valence-corrected chi connectivity index (χ0v) is 12.2. The molecule has 2 rings (SSSR count). The first-order valence-electron chi connectivity index (χ1n) is 6.36. The lowest BCUT2D eigenvalue weighted by Gasteiger charge is -2.21. The van der Waals surface area contributed by atoms with Gasteiger partial charge in [0.05, 0.1) is 13.0 Å². The molecule has 0 unspecified atom stereocenters. The Bertz CT molecular complexity index is 493. The Morgan fingerprint density at radius 1 is 1.35 bits per heavy atom. The topological polar surface area (TPSA) is 60.9 Å². The van der Waals surface area contributed by atoms with Crippen LogP contribution in [0, 0.1) is 0 Å². The van der Waals surface area contributed by atoms with Gasteiger partial charge in [-0.25, -0.2) is 0 Å². The number of fused-ring (bicyclic) bond motifs is 1. The van der Waals surface area contributed by atoms with Crippen LogP contribution >= 0.6 is 12.4 Å². The van der Waals surface area contributed by atoms with E-state index in [1.54, 1.807) is 16.8 Å². The molecule has 110 valence electrons. The summed E-state index contributed by atoms with van der Waals surface area (Å²) in [5.41, 5.74) is 2.18. The first-order chi connectivity index (χ1) is 9.08. The molecular weight excluding hydrogens is 280 g/mol. The molecule has 1 amide bonds. The van der Waals surface area contributed by atoms with Crippen LogP contribution in [-0.4, -0.2) is 48.6 Å². The van der Waals surface area contributed by atoms with E-state index >= 15 is 0 Å². The van der Waals surface area contributed by atoms with Gasteiger partial charge in [0.15, 0.2) is 0 Å². The van der Waals surface area contributed by atoms with Gasteiger partial charge in [-0.3, -0.25) is 14.5 Å². The molecule has 6 heteroatoms. The van der Waals surface area contributed by atoms with Gasteiger partial charge in [0.1, 0.15) is 0 Å². The van der Waals surface area contributed by atoms with Crippen molar-refractivity contribution in [2.75, 3.05) is 31.6 Å². The van der Waals surface area contributed by atoms with E-state index in [-0.39, 0.29) is 31.3 Å². The highest BCUT2D eigenvalue weighted by Crippen LogP contribution is 2.27. The quantitative estimate of drug-likeness (QED) is 0.893. The Morgan fingerprint density at radius 3 is 2.75 bits per heavy atom. The fourth-order valence-corrected chi connectivity index (χ4v) is 2.28. The van der Waals surface area contributed by atoms with Crippen LogP contribution in [0.4, 0.5) is 5.69 Å². The van der Waals surface area contributed by atoms with Gasteiger partial charge in [-0.15, -0.1) is 12.4 Å². The summed E-state index contributed by atoms with van der Waals surface area (Å²) < 4.78 is 0. The van der Waals surface area contributed by atoms with Gasteiger partial charge in [-0.2, -0.15) is 0 Å². The molecule has 1 aliphatic heterocycles. The second-order valence-corrected chi connectivity index (χ2v) is 4.81. The maximum atomic E-state index is 12.2. The van der Waals surface area contributed by atoms with Crippen LogP contribution in [0.3, 0.4) is 0 Å². The molecule has 0 spiro atoms. The second-order valence-electron chi connectivity index (χ2n) is 4.81. The van der Waals surface area contributed by atoms with Gasteiger partial charge in [-0.05, 0) is 25.1 Å². The number of carbonyl (C=O) groups is 2. The van der Waals surface area contributed by atoms with E-state index in [4.69, 9.17) is 5.11 Å². The molecule has 1 N–H and O–H groups in total. The van der Waals surface area contributed by atoms with Crippen molar-refractivity contribution in [2.45, 2.75) is 12.8 Å². The Balaban J connectivity index is 0.00000200. The highest BCUT2D eigenvalue weighted by molar-refractivity contribution is 5.96. The number of likely N-dealkylation sites (N-methyl/N-ethyl adjacent to an activating group) is 1. The lowest BCUT2D eigenvalue weighted by molar-refractivity contribution is -0.137. The summed E-state index contributed by atoms with van der Waals surface area (Å²) in [5.74, 6) is -0.816. The summed E-state index contributed by atoms with van der Waals surface area (Å²) in [4.78, 5) is 26.2. The fourth-order valence-electron chi connectivity index (χ4n) is 2.28.